The molecule has 1 aromatic rings. The molecule has 2 bridgehead atoms. The number of carbonyl (C=O) groups is 2. The number of benzene rings is 1. The lowest BCUT2D eigenvalue weighted by molar-refractivity contribution is -0.176. The normalized spacial score (nSPS) is 34.0. The minimum Gasteiger partial charge on any atom is -0.481 e. The molecule has 0 amide bonds. The van der Waals surface area contributed by atoms with Gasteiger partial charge in [-0.25, -0.2) is 4.79 Å². The summed E-state index contributed by atoms with van der Waals surface area (Å²) >= 11 is 0. The first-order valence-corrected chi connectivity index (χ1v) is 12.8. The third-order valence-corrected chi connectivity index (χ3v) is 9.16. The van der Waals surface area contributed by atoms with Gasteiger partial charge in [0.15, 0.2) is 12.2 Å². The number of likely N-dealkylation sites (tertiary alicyclic amines) is 1. The molecular weight excluding hydrogens is 450 g/mol. The summed E-state index contributed by atoms with van der Waals surface area (Å²) in [6.07, 6.45) is 5.28. The quantitative estimate of drug-likeness (QED) is 0.614. The number of nitrogens with zero attached hydrogens (tertiary/aromatic N) is 1. The maximum Gasteiger partial charge on any atom is 0.352 e. The number of esters is 2. The molecule has 5 atom stereocenters. The number of hydrogen-bond acceptors (Lipinski definition) is 8. The highest BCUT2D eigenvalue weighted by Crippen LogP contribution is 2.64. The molecule has 3 aliphatic carbocycles. The maximum atomic E-state index is 13.0. The lowest BCUT2D eigenvalue weighted by Crippen LogP contribution is -2.74. The molecule has 1 saturated heterocycles. The summed E-state index contributed by atoms with van der Waals surface area (Å²) in [6, 6.07) is 3.81. The predicted octanol–water partition coefficient (Wildman–Crippen LogP) is 2.12. The van der Waals surface area contributed by atoms with Crippen LogP contribution in [0.3, 0.4) is 0 Å². The molecule has 8 heteroatoms. The first-order chi connectivity index (χ1) is 16.8. The van der Waals surface area contributed by atoms with E-state index in [-0.39, 0.29) is 24.5 Å². The average molecular weight is 484 g/mol. The van der Waals surface area contributed by atoms with Crippen molar-refractivity contribution in [2.75, 3.05) is 13.6 Å². The van der Waals surface area contributed by atoms with E-state index in [1.54, 1.807) is 6.08 Å². The number of carbonyl (C=O) groups excluding carboxylic acids is 2. The second-order valence-electron chi connectivity index (χ2n) is 10.9. The van der Waals surface area contributed by atoms with Gasteiger partial charge in [-0.3, -0.25) is 4.79 Å². The Labute approximate surface area is 204 Å². The number of hydrogen-bond donors (Lipinski definition) is 2. The maximum absolute atomic E-state index is 13.0. The fourth-order valence-corrected chi connectivity index (χ4v) is 7.31. The fraction of sp³-hybridized carbons (Fsp3) is 0.630. The Morgan fingerprint density at radius 3 is 2.80 bits per heavy atom. The molecule has 2 N–H and O–H groups in total. The van der Waals surface area contributed by atoms with Crippen LogP contribution in [0.2, 0.25) is 0 Å². The van der Waals surface area contributed by atoms with Crippen molar-refractivity contribution >= 4 is 11.9 Å². The molecule has 188 valence electrons. The second-order valence-corrected chi connectivity index (χ2v) is 10.9. The summed E-state index contributed by atoms with van der Waals surface area (Å²) in [5, 5.41) is 22.2. The Bertz CT molecular complexity index is 1110. The van der Waals surface area contributed by atoms with Crippen LogP contribution in [0.4, 0.5) is 0 Å². The summed E-state index contributed by atoms with van der Waals surface area (Å²) in [4.78, 5) is 27.6. The van der Waals surface area contributed by atoms with Gasteiger partial charge in [-0.2, -0.15) is 0 Å². The number of aliphatic hydroxyl groups is 2. The van der Waals surface area contributed by atoms with Crippen LogP contribution in [-0.4, -0.2) is 64.5 Å². The van der Waals surface area contributed by atoms with Gasteiger partial charge in [-0.15, -0.1) is 0 Å². The van der Waals surface area contributed by atoms with Crippen molar-refractivity contribution in [3.05, 3.63) is 40.7 Å². The van der Waals surface area contributed by atoms with Gasteiger partial charge in [0.2, 0.25) is 0 Å². The lowest BCUT2D eigenvalue weighted by atomic mass is 9.50. The van der Waals surface area contributed by atoms with Crippen LogP contribution >= 0.6 is 0 Å². The topological polar surface area (TPSA) is 106 Å². The highest BCUT2D eigenvalue weighted by molar-refractivity contribution is 5.81. The molecule has 1 spiro atoms. The Morgan fingerprint density at radius 1 is 1.29 bits per heavy atom. The Kier molecular flexibility index (Phi) is 5.29. The average Bonchev–Trinajstić information content (AvgIpc) is 3.49. The molecular formula is C27H33NO7. The second kappa shape index (κ2) is 8.05. The van der Waals surface area contributed by atoms with Crippen molar-refractivity contribution in [1.82, 2.24) is 4.90 Å². The van der Waals surface area contributed by atoms with Crippen LogP contribution in [0.5, 0.6) is 5.75 Å². The van der Waals surface area contributed by atoms with Gasteiger partial charge in [0.1, 0.15) is 11.5 Å². The number of aliphatic hydroxyl groups excluding tert-OH is 1. The highest BCUT2D eigenvalue weighted by atomic mass is 16.6. The van der Waals surface area contributed by atoms with Gasteiger partial charge in [-0.05, 0) is 57.8 Å². The monoisotopic (exact) mass is 483 g/mol. The standard InChI is InChI=1S/C27H33NO7/c1-15(33-25(31)16-5-3-4-6-16)24(30)34-19-9-10-27(32)20-13-17-7-8-18(14-29)22-21(17)26(27,23(19)35-22)11-12-28(20)2/h7-9,15-16,20,23,29,32H,3-6,10-14H2,1-2H3/t15-,20+,23-,26-,27+/m0/s1. The molecule has 1 aromatic carbocycles. The largest absolute Gasteiger partial charge is 0.481 e. The van der Waals surface area contributed by atoms with Gasteiger partial charge in [0, 0.05) is 23.6 Å². The van der Waals surface area contributed by atoms with Crippen LogP contribution in [0.1, 0.15) is 62.1 Å². The molecule has 2 aliphatic heterocycles. The minimum absolute atomic E-state index is 0.0967. The van der Waals surface area contributed by atoms with Crippen molar-refractivity contribution < 1.29 is 34.0 Å². The van der Waals surface area contributed by atoms with E-state index in [9.17, 15) is 19.8 Å². The first-order valence-electron chi connectivity index (χ1n) is 12.8. The number of piperidine rings is 1. The van der Waals surface area contributed by atoms with Gasteiger partial charge in [-0.1, -0.05) is 25.0 Å². The Balaban J connectivity index is 1.32. The summed E-state index contributed by atoms with van der Waals surface area (Å²) in [6.45, 7) is 2.12. The lowest BCUT2D eigenvalue weighted by Gasteiger charge is -2.61. The molecule has 0 radical (unpaired) electrons. The molecule has 35 heavy (non-hydrogen) atoms. The molecule has 0 aromatic heterocycles. The van der Waals surface area contributed by atoms with Gasteiger partial charge >= 0.3 is 11.9 Å². The number of rotatable bonds is 5. The highest BCUT2D eigenvalue weighted by Gasteiger charge is 2.71. The minimum atomic E-state index is -1.09. The first kappa shape index (κ1) is 23.0. The van der Waals surface area contributed by atoms with E-state index in [0.717, 1.165) is 43.4 Å². The zero-order chi connectivity index (χ0) is 24.5. The van der Waals surface area contributed by atoms with Gasteiger partial charge in [0.25, 0.3) is 0 Å². The fourth-order valence-electron chi connectivity index (χ4n) is 7.31. The van der Waals surface area contributed by atoms with Crippen LogP contribution in [0.25, 0.3) is 0 Å². The van der Waals surface area contributed by atoms with E-state index >= 15 is 0 Å². The zero-order valence-electron chi connectivity index (χ0n) is 20.3. The molecule has 0 unspecified atom stereocenters. The van der Waals surface area contributed by atoms with Gasteiger partial charge < -0.3 is 29.3 Å². The van der Waals surface area contributed by atoms with E-state index in [0.29, 0.717) is 36.3 Å². The van der Waals surface area contributed by atoms with E-state index < -0.39 is 29.2 Å². The molecule has 2 fully saturated rings. The summed E-state index contributed by atoms with van der Waals surface area (Å²) in [5.74, 6) is -0.188. The van der Waals surface area contributed by atoms with Crippen molar-refractivity contribution in [3.63, 3.8) is 0 Å². The van der Waals surface area contributed by atoms with Crippen LogP contribution in [0, 0.1) is 5.92 Å². The van der Waals surface area contributed by atoms with Crippen molar-refractivity contribution in [2.24, 2.45) is 5.92 Å². The summed E-state index contributed by atoms with van der Waals surface area (Å²) in [7, 11) is 2.04. The molecule has 6 rings (SSSR count). The molecule has 1 saturated carbocycles. The van der Waals surface area contributed by atoms with Crippen LogP contribution in [0.15, 0.2) is 24.0 Å². The molecule has 5 aliphatic rings. The predicted molar refractivity (Wildman–Crippen MR) is 124 cm³/mol. The molecule has 8 nitrogen and oxygen atoms in total. The SMILES string of the molecule is C[C@H](OC(=O)C1CCCC1)C(=O)OC1=CC[C@@]2(O)[C@H]3Cc4ccc(CO)c5c4[C@@]2(CCN3C)[C@H]1O5. The third kappa shape index (κ3) is 3.09. The van der Waals surface area contributed by atoms with E-state index in [1.165, 1.54) is 6.92 Å². The van der Waals surface area contributed by atoms with E-state index in [4.69, 9.17) is 14.2 Å². The van der Waals surface area contributed by atoms with Crippen LogP contribution in [-0.2, 0) is 37.5 Å². The van der Waals surface area contributed by atoms with Crippen LogP contribution < -0.4 is 4.74 Å². The van der Waals surface area contributed by atoms with Crippen molar-refractivity contribution in [2.45, 2.75) is 87.7 Å². The summed E-state index contributed by atoms with van der Waals surface area (Å²) < 4.78 is 17.7. The van der Waals surface area contributed by atoms with Gasteiger partial charge in [0.05, 0.1) is 23.5 Å². The third-order valence-electron chi connectivity index (χ3n) is 9.16. The van der Waals surface area contributed by atoms with E-state index in [2.05, 4.69) is 4.90 Å². The van der Waals surface area contributed by atoms with Crippen molar-refractivity contribution in [3.8, 4) is 5.75 Å². The molecule has 2 heterocycles. The summed E-state index contributed by atoms with van der Waals surface area (Å²) in [5.41, 5.74) is 0.854. The van der Waals surface area contributed by atoms with E-state index in [1.807, 2.05) is 19.2 Å². The Hall–Kier alpha value is -2.42. The number of ether oxygens (including phenoxy) is 3. The Morgan fingerprint density at radius 2 is 2.06 bits per heavy atom. The zero-order valence-corrected chi connectivity index (χ0v) is 20.3. The van der Waals surface area contributed by atoms with Crippen molar-refractivity contribution in [1.29, 1.82) is 0 Å². The smallest absolute Gasteiger partial charge is 0.352 e. The number of likely N-dealkylation sites (N-methyl/N-ethyl adjacent to an activating group) is 1.